The molecule has 0 aliphatic carbocycles. The van der Waals surface area contributed by atoms with E-state index in [0.717, 1.165) is 26.3 Å². The summed E-state index contributed by atoms with van der Waals surface area (Å²) >= 11 is 0. The maximum atomic E-state index is 5.21. The SMILES string of the molecule is [CH2-]N1CCC2(CC1)COC2. The van der Waals surface area contributed by atoms with Gasteiger partial charge in [-0.25, -0.2) is 0 Å². The molecule has 0 saturated carbocycles. The van der Waals surface area contributed by atoms with E-state index >= 15 is 0 Å². The maximum Gasteiger partial charge on any atom is 0.0545 e. The Hall–Kier alpha value is -0.0800. The molecule has 10 heavy (non-hydrogen) atoms. The second kappa shape index (κ2) is 2.21. The molecule has 2 aliphatic rings. The first kappa shape index (κ1) is 6.62. The number of hydrogen-bond acceptors (Lipinski definition) is 2. The van der Waals surface area contributed by atoms with Gasteiger partial charge in [-0.3, -0.25) is 7.05 Å². The molecule has 0 unspecified atom stereocenters. The third-order valence-corrected chi connectivity index (χ3v) is 2.73. The number of nitrogens with zero attached hydrogens (tertiary/aromatic N) is 1. The molecule has 58 valence electrons. The largest absolute Gasteiger partial charge is 0.459 e. The van der Waals surface area contributed by atoms with Crippen molar-refractivity contribution in [2.45, 2.75) is 12.8 Å². The molecule has 2 aliphatic heterocycles. The molecule has 1 spiro atoms. The smallest absolute Gasteiger partial charge is 0.0545 e. The monoisotopic (exact) mass is 140 g/mol. The van der Waals surface area contributed by atoms with Gasteiger partial charge in [-0.1, -0.05) is 0 Å². The highest BCUT2D eigenvalue weighted by atomic mass is 16.5. The van der Waals surface area contributed by atoms with E-state index in [1.807, 2.05) is 0 Å². The van der Waals surface area contributed by atoms with Gasteiger partial charge in [-0.15, -0.1) is 0 Å². The third-order valence-electron chi connectivity index (χ3n) is 2.73. The molecule has 2 rings (SSSR count). The van der Waals surface area contributed by atoms with Gasteiger partial charge in [-0.05, 0) is 25.9 Å². The lowest BCUT2D eigenvalue weighted by molar-refractivity contribution is -0.136. The summed E-state index contributed by atoms with van der Waals surface area (Å²) < 4.78 is 5.21. The Balaban J connectivity index is 1.90. The van der Waals surface area contributed by atoms with E-state index in [1.54, 1.807) is 0 Å². The summed E-state index contributed by atoms with van der Waals surface area (Å²) in [7, 11) is 3.91. The van der Waals surface area contributed by atoms with Crippen molar-refractivity contribution in [2.75, 3.05) is 26.3 Å². The first-order valence-corrected chi connectivity index (χ1v) is 3.94. The quantitative estimate of drug-likeness (QED) is 0.463. The fourth-order valence-corrected chi connectivity index (χ4v) is 1.71. The van der Waals surface area contributed by atoms with E-state index in [2.05, 4.69) is 11.9 Å². The standard InChI is InChI=1S/C8H14NO/c1-9-4-2-8(3-5-9)6-10-7-8/h1-7H2/q-1. The molecule has 2 fully saturated rings. The van der Waals surface area contributed by atoms with Crippen LogP contribution in [0, 0.1) is 12.5 Å². The molecule has 2 nitrogen and oxygen atoms in total. The van der Waals surface area contributed by atoms with Crippen LogP contribution >= 0.6 is 0 Å². The van der Waals surface area contributed by atoms with Gasteiger partial charge in [0.1, 0.15) is 0 Å². The van der Waals surface area contributed by atoms with Crippen molar-refractivity contribution in [3.8, 4) is 0 Å². The van der Waals surface area contributed by atoms with Gasteiger partial charge in [0.05, 0.1) is 13.2 Å². The average Bonchev–Trinajstić information content (AvgIpc) is 1.86. The third kappa shape index (κ3) is 0.956. The fraction of sp³-hybridized carbons (Fsp3) is 0.875. The predicted molar refractivity (Wildman–Crippen MR) is 39.4 cm³/mol. The number of ether oxygens (including phenoxy) is 1. The van der Waals surface area contributed by atoms with Crippen LogP contribution in [0.1, 0.15) is 12.8 Å². The molecular weight excluding hydrogens is 126 g/mol. The summed E-state index contributed by atoms with van der Waals surface area (Å²) in [5.41, 5.74) is 0.578. The Morgan fingerprint density at radius 3 is 2.20 bits per heavy atom. The Labute approximate surface area is 62.2 Å². The minimum Gasteiger partial charge on any atom is -0.459 e. The zero-order valence-corrected chi connectivity index (χ0v) is 6.31. The Morgan fingerprint density at radius 2 is 1.80 bits per heavy atom. The fourth-order valence-electron chi connectivity index (χ4n) is 1.71. The van der Waals surface area contributed by atoms with E-state index in [4.69, 9.17) is 4.74 Å². The number of hydrogen-bond donors (Lipinski definition) is 0. The van der Waals surface area contributed by atoms with Gasteiger partial charge in [0.25, 0.3) is 0 Å². The lowest BCUT2D eigenvalue weighted by Gasteiger charge is -2.48. The van der Waals surface area contributed by atoms with Crippen LogP contribution in [-0.2, 0) is 4.74 Å². The average molecular weight is 140 g/mol. The molecule has 0 aromatic carbocycles. The number of rotatable bonds is 0. The molecule has 2 saturated heterocycles. The molecular formula is C8H14NO-. The zero-order chi connectivity index (χ0) is 7.03. The Bertz CT molecular complexity index is 121. The van der Waals surface area contributed by atoms with Crippen molar-refractivity contribution in [1.82, 2.24) is 4.90 Å². The normalized spacial score (nSPS) is 32.1. The molecule has 0 radical (unpaired) electrons. The summed E-state index contributed by atoms with van der Waals surface area (Å²) in [6.45, 7) is 4.31. The molecule has 2 heteroatoms. The second-order valence-corrected chi connectivity index (χ2v) is 3.61. The minimum atomic E-state index is 0.578. The summed E-state index contributed by atoms with van der Waals surface area (Å²) in [5.74, 6) is 0. The topological polar surface area (TPSA) is 12.5 Å². The van der Waals surface area contributed by atoms with Gasteiger partial charge in [0.15, 0.2) is 0 Å². The summed E-state index contributed by atoms with van der Waals surface area (Å²) in [6.07, 6.45) is 2.58. The van der Waals surface area contributed by atoms with Crippen LogP contribution in [0.4, 0.5) is 0 Å². The lowest BCUT2D eigenvalue weighted by atomic mass is 9.77. The van der Waals surface area contributed by atoms with Crippen molar-refractivity contribution in [2.24, 2.45) is 5.41 Å². The van der Waals surface area contributed by atoms with Gasteiger partial charge < -0.3 is 9.64 Å². The molecule has 0 amide bonds. The van der Waals surface area contributed by atoms with Crippen LogP contribution < -0.4 is 0 Å². The van der Waals surface area contributed by atoms with Gasteiger partial charge in [0.2, 0.25) is 0 Å². The van der Waals surface area contributed by atoms with Crippen molar-refractivity contribution in [3.63, 3.8) is 0 Å². The van der Waals surface area contributed by atoms with E-state index < -0.39 is 0 Å². The summed E-state index contributed by atoms with van der Waals surface area (Å²) in [6, 6.07) is 0. The van der Waals surface area contributed by atoms with E-state index in [-0.39, 0.29) is 0 Å². The van der Waals surface area contributed by atoms with E-state index in [1.165, 1.54) is 12.8 Å². The van der Waals surface area contributed by atoms with Crippen LogP contribution in [0.5, 0.6) is 0 Å². The van der Waals surface area contributed by atoms with Crippen LogP contribution in [0.2, 0.25) is 0 Å². The zero-order valence-electron chi connectivity index (χ0n) is 6.31. The highest BCUT2D eigenvalue weighted by molar-refractivity contribution is 4.90. The molecule has 0 aromatic rings. The van der Waals surface area contributed by atoms with Crippen LogP contribution in [0.3, 0.4) is 0 Å². The van der Waals surface area contributed by atoms with Crippen LogP contribution in [-0.4, -0.2) is 31.2 Å². The van der Waals surface area contributed by atoms with Gasteiger partial charge in [0, 0.05) is 5.41 Å². The van der Waals surface area contributed by atoms with Crippen molar-refractivity contribution in [3.05, 3.63) is 7.05 Å². The molecule has 0 aromatic heterocycles. The number of piperidine rings is 1. The molecule has 2 heterocycles. The first-order valence-electron chi connectivity index (χ1n) is 3.94. The maximum absolute atomic E-state index is 5.21. The van der Waals surface area contributed by atoms with Gasteiger partial charge >= 0.3 is 0 Å². The van der Waals surface area contributed by atoms with Crippen molar-refractivity contribution in [1.29, 1.82) is 0 Å². The van der Waals surface area contributed by atoms with Crippen LogP contribution in [0.25, 0.3) is 0 Å². The highest BCUT2D eigenvalue weighted by Crippen LogP contribution is 2.37. The molecule has 0 N–H and O–H groups in total. The van der Waals surface area contributed by atoms with Gasteiger partial charge in [-0.2, -0.15) is 0 Å². The predicted octanol–water partition coefficient (Wildman–Crippen LogP) is 0.890. The minimum absolute atomic E-state index is 0.578. The van der Waals surface area contributed by atoms with E-state index in [9.17, 15) is 0 Å². The second-order valence-electron chi connectivity index (χ2n) is 3.61. The summed E-state index contributed by atoms with van der Waals surface area (Å²) in [4.78, 5) is 2.16. The van der Waals surface area contributed by atoms with Crippen LogP contribution in [0.15, 0.2) is 0 Å². The lowest BCUT2D eigenvalue weighted by Crippen LogP contribution is -2.49. The van der Waals surface area contributed by atoms with E-state index in [0.29, 0.717) is 5.41 Å². The Morgan fingerprint density at radius 1 is 1.20 bits per heavy atom. The summed E-state index contributed by atoms with van der Waals surface area (Å²) in [5, 5.41) is 0. The first-order chi connectivity index (χ1) is 4.81. The number of likely N-dealkylation sites (tertiary alicyclic amines) is 1. The molecule has 0 atom stereocenters. The highest BCUT2D eigenvalue weighted by Gasteiger charge is 2.39. The van der Waals surface area contributed by atoms with Crippen molar-refractivity contribution < 1.29 is 4.74 Å². The molecule has 0 bridgehead atoms. The Kier molecular flexibility index (Phi) is 1.46. The van der Waals surface area contributed by atoms with Crippen molar-refractivity contribution >= 4 is 0 Å².